The van der Waals surface area contributed by atoms with E-state index in [-0.39, 0.29) is 11.3 Å². The third-order valence-electron chi connectivity index (χ3n) is 6.09. The van der Waals surface area contributed by atoms with E-state index in [9.17, 15) is 14.9 Å². The van der Waals surface area contributed by atoms with Crippen LogP contribution < -0.4 is 4.74 Å². The number of benzene rings is 2. The van der Waals surface area contributed by atoms with Crippen LogP contribution in [0.1, 0.15) is 51.7 Å². The summed E-state index contributed by atoms with van der Waals surface area (Å²) in [5.41, 5.74) is 0.166. The number of hydrogen-bond acceptors (Lipinski definition) is 6. The Balaban J connectivity index is 1.59. The molecule has 0 saturated heterocycles. The van der Waals surface area contributed by atoms with Crippen LogP contribution >= 0.6 is 0 Å². The van der Waals surface area contributed by atoms with Crippen LogP contribution in [0.2, 0.25) is 0 Å². The van der Waals surface area contributed by atoms with Crippen molar-refractivity contribution in [2.75, 3.05) is 6.61 Å². The Bertz CT molecular complexity index is 1050. The average Bonchev–Trinajstić information content (AvgIpc) is 3.39. The summed E-state index contributed by atoms with van der Waals surface area (Å²) in [7, 11) is 0. The molecule has 6 nitrogen and oxygen atoms in total. The Morgan fingerprint density at radius 1 is 1.09 bits per heavy atom. The number of nitriles is 1. The van der Waals surface area contributed by atoms with Crippen molar-refractivity contribution in [1.29, 1.82) is 5.26 Å². The molecule has 0 spiro atoms. The van der Waals surface area contributed by atoms with Crippen molar-refractivity contribution < 1.29 is 23.8 Å². The van der Waals surface area contributed by atoms with E-state index in [1.807, 2.05) is 44.2 Å². The summed E-state index contributed by atoms with van der Waals surface area (Å²) in [6, 6.07) is 18.3. The topological polar surface area (TPSA) is 85.6 Å². The van der Waals surface area contributed by atoms with E-state index in [0.717, 1.165) is 19.3 Å². The second-order valence-electron chi connectivity index (χ2n) is 8.99. The molecule has 0 aromatic heterocycles. The first kappa shape index (κ1) is 25.0. The van der Waals surface area contributed by atoms with Gasteiger partial charge in [-0.3, -0.25) is 4.79 Å². The summed E-state index contributed by atoms with van der Waals surface area (Å²) < 4.78 is 16.6. The Morgan fingerprint density at radius 2 is 1.82 bits per heavy atom. The van der Waals surface area contributed by atoms with E-state index in [1.54, 1.807) is 30.3 Å². The number of para-hydroxylation sites is 1. The van der Waals surface area contributed by atoms with Crippen molar-refractivity contribution in [2.45, 2.75) is 46.1 Å². The van der Waals surface area contributed by atoms with Crippen molar-refractivity contribution in [2.24, 2.45) is 17.3 Å². The van der Waals surface area contributed by atoms with Gasteiger partial charge in [0.05, 0.1) is 12.5 Å². The zero-order valence-electron chi connectivity index (χ0n) is 19.9. The first-order valence-corrected chi connectivity index (χ1v) is 11.6. The van der Waals surface area contributed by atoms with Crippen LogP contribution in [-0.4, -0.2) is 18.5 Å². The largest absolute Gasteiger partial charge is 0.463 e. The highest BCUT2D eigenvalue weighted by Gasteiger charge is 2.61. The van der Waals surface area contributed by atoms with Crippen LogP contribution in [0.5, 0.6) is 11.5 Å². The predicted molar refractivity (Wildman–Crippen MR) is 128 cm³/mol. The van der Waals surface area contributed by atoms with Crippen LogP contribution in [0.3, 0.4) is 0 Å². The zero-order chi connectivity index (χ0) is 24.6. The standard InChI is InChI=1S/C28H31NO5/c1-4-5-9-17-32-25(30)16-15-23-26(28(23,2)3)27(31)34-24(19-29)20-11-10-14-22(18-20)33-21-12-7-6-8-13-21/h6-8,10-16,18,23-24,26H,4-5,9,17H2,1-3H3/t23-,24+,26-/m0/s1. The summed E-state index contributed by atoms with van der Waals surface area (Å²) in [5, 5.41) is 9.66. The third kappa shape index (κ3) is 6.48. The van der Waals surface area contributed by atoms with Crippen LogP contribution in [0, 0.1) is 28.6 Å². The van der Waals surface area contributed by atoms with Crippen molar-refractivity contribution in [3.05, 3.63) is 72.3 Å². The van der Waals surface area contributed by atoms with Gasteiger partial charge in [0.15, 0.2) is 0 Å². The summed E-state index contributed by atoms with van der Waals surface area (Å²) >= 11 is 0. The number of nitrogens with zero attached hydrogens (tertiary/aromatic N) is 1. The highest BCUT2D eigenvalue weighted by molar-refractivity contribution is 5.83. The monoisotopic (exact) mass is 461 g/mol. The molecule has 2 aromatic carbocycles. The highest BCUT2D eigenvalue weighted by Crippen LogP contribution is 2.59. The smallest absolute Gasteiger partial charge is 0.330 e. The van der Waals surface area contributed by atoms with Gasteiger partial charge in [0.1, 0.15) is 17.6 Å². The van der Waals surface area contributed by atoms with Gasteiger partial charge in [-0.25, -0.2) is 4.79 Å². The van der Waals surface area contributed by atoms with E-state index in [0.29, 0.717) is 23.7 Å². The molecule has 1 aliphatic carbocycles. The number of carbonyl (C=O) groups excluding carboxylic acids is 2. The molecule has 0 unspecified atom stereocenters. The second kappa shape index (κ2) is 11.5. The Labute approximate surface area is 201 Å². The fraction of sp³-hybridized carbons (Fsp3) is 0.393. The molecular formula is C28H31NO5. The summed E-state index contributed by atoms with van der Waals surface area (Å²) in [6.07, 6.45) is 4.95. The zero-order valence-corrected chi connectivity index (χ0v) is 19.9. The lowest BCUT2D eigenvalue weighted by molar-refractivity contribution is -0.149. The van der Waals surface area contributed by atoms with Crippen molar-refractivity contribution >= 4 is 11.9 Å². The molecule has 0 aliphatic heterocycles. The van der Waals surface area contributed by atoms with E-state index < -0.39 is 24.0 Å². The SMILES string of the molecule is CCCCCOC(=O)C=C[C@H]1[C@@H](C(=O)O[C@H](C#N)c2cccc(Oc3ccccc3)c2)C1(C)C. The molecule has 34 heavy (non-hydrogen) atoms. The van der Waals surface area contributed by atoms with E-state index >= 15 is 0 Å². The Hall–Kier alpha value is -3.59. The fourth-order valence-corrected chi connectivity index (χ4v) is 3.97. The molecule has 1 aliphatic rings. The molecular weight excluding hydrogens is 430 g/mol. The van der Waals surface area contributed by atoms with Gasteiger partial charge < -0.3 is 14.2 Å². The molecule has 3 rings (SSSR count). The number of unbranched alkanes of at least 4 members (excludes halogenated alkanes) is 2. The molecule has 178 valence electrons. The molecule has 6 heteroatoms. The Morgan fingerprint density at radius 3 is 2.53 bits per heavy atom. The van der Waals surface area contributed by atoms with Gasteiger partial charge in [0.25, 0.3) is 0 Å². The maximum Gasteiger partial charge on any atom is 0.330 e. The fourth-order valence-electron chi connectivity index (χ4n) is 3.97. The first-order chi connectivity index (χ1) is 16.4. The minimum Gasteiger partial charge on any atom is -0.463 e. The third-order valence-corrected chi connectivity index (χ3v) is 6.09. The average molecular weight is 462 g/mol. The van der Waals surface area contributed by atoms with E-state index in [4.69, 9.17) is 14.2 Å². The van der Waals surface area contributed by atoms with Crippen LogP contribution in [0.15, 0.2) is 66.7 Å². The lowest BCUT2D eigenvalue weighted by Crippen LogP contribution is -2.14. The minimum atomic E-state index is -1.06. The summed E-state index contributed by atoms with van der Waals surface area (Å²) in [5.74, 6) is -0.243. The number of allylic oxidation sites excluding steroid dienone is 1. The van der Waals surface area contributed by atoms with E-state index in [2.05, 4.69) is 13.0 Å². The van der Waals surface area contributed by atoms with Gasteiger partial charge in [-0.2, -0.15) is 5.26 Å². The maximum absolute atomic E-state index is 12.9. The number of esters is 2. The number of ether oxygens (including phenoxy) is 3. The summed E-state index contributed by atoms with van der Waals surface area (Å²) in [4.78, 5) is 24.8. The second-order valence-corrected chi connectivity index (χ2v) is 8.99. The molecule has 0 amide bonds. The van der Waals surface area contributed by atoms with E-state index in [1.165, 1.54) is 6.08 Å². The Kier molecular flexibility index (Phi) is 8.48. The number of hydrogen-bond donors (Lipinski definition) is 0. The minimum absolute atomic E-state index is 0.157. The molecule has 0 N–H and O–H groups in total. The molecule has 0 bridgehead atoms. The number of rotatable bonds is 11. The van der Waals surface area contributed by atoms with Gasteiger partial charge in [-0.05, 0) is 42.0 Å². The van der Waals surface area contributed by atoms with Crippen molar-refractivity contribution in [1.82, 2.24) is 0 Å². The molecule has 3 atom stereocenters. The molecule has 1 saturated carbocycles. The molecule has 0 radical (unpaired) electrons. The van der Waals surface area contributed by atoms with Crippen molar-refractivity contribution in [3.8, 4) is 17.6 Å². The van der Waals surface area contributed by atoms with Crippen LogP contribution in [0.4, 0.5) is 0 Å². The first-order valence-electron chi connectivity index (χ1n) is 11.6. The number of carbonyl (C=O) groups is 2. The quantitative estimate of drug-likeness (QED) is 0.227. The van der Waals surface area contributed by atoms with Gasteiger partial charge in [0, 0.05) is 11.6 Å². The molecule has 0 heterocycles. The van der Waals surface area contributed by atoms with Gasteiger partial charge in [-0.15, -0.1) is 0 Å². The maximum atomic E-state index is 12.9. The summed E-state index contributed by atoms with van der Waals surface area (Å²) in [6.45, 7) is 6.36. The highest BCUT2D eigenvalue weighted by atomic mass is 16.5. The lowest BCUT2D eigenvalue weighted by Gasteiger charge is -2.13. The normalized spacial score (nSPS) is 19.1. The predicted octanol–water partition coefficient (Wildman–Crippen LogP) is 6.15. The molecule has 1 fully saturated rings. The lowest BCUT2D eigenvalue weighted by atomic mass is 10.1. The molecule has 2 aromatic rings. The van der Waals surface area contributed by atoms with Gasteiger partial charge >= 0.3 is 11.9 Å². The van der Waals surface area contributed by atoms with Crippen LogP contribution in [0.25, 0.3) is 0 Å². The van der Waals surface area contributed by atoms with Gasteiger partial charge in [0.2, 0.25) is 6.10 Å². The van der Waals surface area contributed by atoms with Crippen LogP contribution in [-0.2, 0) is 19.1 Å². The van der Waals surface area contributed by atoms with Crippen molar-refractivity contribution in [3.63, 3.8) is 0 Å². The van der Waals surface area contributed by atoms with Gasteiger partial charge in [-0.1, -0.05) is 70.0 Å².